The Kier molecular flexibility index (Phi) is 7.63. The number of benzene rings is 1. The number of hydrogen-bond donors (Lipinski definition) is 1. The summed E-state index contributed by atoms with van der Waals surface area (Å²) in [5.74, 6) is 0.00928. The second kappa shape index (κ2) is 10.6. The number of carbonyl (C=O) groups excluding carboxylic acids is 2. The minimum Gasteiger partial charge on any atom is -0.493 e. The van der Waals surface area contributed by atoms with Crippen LogP contribution in [0.3, 0.4) is 0 Å². The van der Waals surface area contributed by atoms with E-state index in [1.807, 2.05) is 6.07 Å². The lowest BCUT2D eigenvalue weighted by molar-refractivity contribution is -0.135. The molecule has 1 fully saturated rings. The van der Waals surface area contributed by atoms with Crippen LogP contribution in [0.2, 0.25) is 5.15 Å². The van der Waals surface area contributed by atoms with Gasteiger partial charge in [-0.25, -0.2) is 9.78 Å². The van der Waals surface area contributed by atoms with Gasteiger partial charge >= 0.3 is 5.97 Å². The number of aromatic nitrogens is 1. The smallest absolute Gasteiger partial charge is 0.331 e. The number of pyridine rings is 1. The van der Waals surface area contributed by atoms with Crippen molar-refractivity contribution < 1.29 is 23.8 Å². The number of ether oxygens (including phenoxy) is 3. The number of esters is 1. The van der Waals surface area contributed by atoms with Gasteiger partial charge in [-0.3, -0.25) is 10.1 Å². The Morgan fingerprint density at radius 3 is 2.81 bits per heavy atom. The lowest BCUT2D eigenvalue weighted by atomic mass is 10.2. The minimum atomic E-state index is -0.621. The second-order valence-electron chi connectivity index (χ2n) is 5.93. The fraction of sp³-hybridized carbons (Fsp3) is 0.150. The zero-order chi connectivity index (χ0) is 22.2. The third-order valence-electron chi connectivity index (χ3n) is 3.83. The standard InChI is InChI=1S/C20H17ClN4O5S/c1-28-15-7-12(3-5-14(15)30-11-13-4-6-17(21)22-9-13)10-23-25-20-24-19(27)16(31-20)8-18(26)29-2/h3-10H,11H2,1-2H3,(H,24,25,27)/b16-8+,23-10?. The topological polar surface area (TPSA) is 111 Å². The van der Waals surface area contributed by atoms with Gasteiger partial charge in [0, 0.05) is 17.8 Å². The summed E-state index contributed by atoms with van der Waals surface area (Å²) in [4.78, 5) is 27.2. The largest absolute Gasteiger partial charge is 0.493 e. The van der Waals surface area contributed by atoms with E-state index >= 15 is 0 Å². The Balaban J connectivity index is 1.64. The highest BCUT2D eigenvalue weighted by Gasteiger charge is 2.25. The molecule has 2 aromatic rings. The highest BCUT2D eigenvalue weighted by molar-refractivity contribution is 8.18. The van der Waals surface area contributed by atoms with E-state index in [2.05, 4.69) is 25.2 Å². The molecule has 0 radical (unpaired) electrons. The maximum Gasteiger partial charge on any atom is 0.331 e. The van der Waals surface area contributed by atoms with Gasteiger partial charge in [-0.2, -0.15) is 5.10 Å². The Morgan fingerprint density at radius 1 is 1.26 bits per heavy atom. The molecule has 1 amide bonds. The van der Waals surface area contributed by atoms with Gasteiger partial charge in [-0.1, -0.05) is 17.7 Å². The average Bonchev–Trinajstić information content (AvgIpc) is 3.12. The first-order chi connectivity index (χ1) is 15.0. The molecule has 1 saturated heterocycles. The molecular weight excluding hydrogens is 444 g/mol. The maximum absolute atomic E-state index is 11.8. The third kappa shape index (κ3) is 6.30. The molecule has 11 heteroatoms. The summed E-state index contributed by atoms with van der Waals surface area (Å²) < 4.78 is 15.7. The first kappa shape index (κ1) is 22.3. The number of methoxy groups -OCH3 is 2. The zero-order valence-electron chi connectivity index (χ0n) is 16.5. The Bertz CT molecular complexity index is 1070. The molecule has 160 valence electrons. The van der Waals surface area contributed by atoms with Crippen LogP contribution in [0.15, 0.2) is 57.7 Å². The predicted octanol–water partition coefficient (Wildman–Crippen LogP) is 2.93. The summed E-state index contributed by atoms with van der Waals surface area (Å²) in [6.07, 6.45) is 4.23. The average molecular weight is 461 g/mol. The van der Waals surface area contributed by atoms with Gasteiger partial charge in [0.15, 0.2) is 16.7 Å². The highest BCUT2D eigenvalue weighted by atomic mass is 35.5. The number of amidine groups is 1. The van der Waals surface area contributed by atoms with Crippen LogP contribution in [-0.2, 0) is 20.9 Å². The zero-order valence-corrected chi connectivity index (χ0v) is 18.1. The summed E-state index contributed by atoms with van der Waals surface area (Å²) in [6, 6.07) is 8.79. The SMILES string of the molecule is COC(=O)/C=C1/S/C(=N\N=Cc2ccc(OCc3ccc(Cl)nc3)c(OC)c2)NC1=O. The van der Waals surface area contributed by atoms with Crippen LogP contribution >= 0.6 is 23.4 Å². The number of halogens is 1. The van der Waals surface area contributed by atoms with Crippen molar-refractivity contribution >= 4 is 46.6 Å². The number of nitrogens with one attached hydrogen (secondary N) is 1. The van der Waals surface area contributed by atoms with E-state index in [1.165, 1.54) is 20.4 Å². The van der Waals surface area contributed by atoms with Crippen molar-refractivity contribution in [2.24, 2.45) is 10.2 Å². The number of rotatable bonds is 7. The van der Waals surface area contributed by atoms with Gasteiger partial charge in [-0.15, -0.1) is 5.10 Å². The number of hydrogen-bond acceptors (Lipinski definition) is 9. The van der Waals surface area contributed by atoms with Crippen molar-refractivity contribution in [3.05, 3.63) is 63.8 Å². The molecule has 31 heavy (non-hydrogen) atoms. The Morgan fingerprint density at radius 2 is 2.10 bits per heavy atom. The molecule has 1 N–H and O–H groups in total. The van der Waals surface area contributed by atoms with Crippen molar-refractivity contribution in [2.45, 2.75) is 6.61 Å². The highest BCUT2D eigenvalue weighted by Crippen LogP contribution is 2.28. The van der Waals surface area contributed by atoms with Crippen molar-refractivity contribution in [1.82, 2.24) is 10.3 Å². The fourth-order valence-electron chi connectivity index (χ4n) is 2.33. The number of carbonyl (C=O) groups is 2. The summed E-state index contributed by atoms with van der Waals surface area (Å²) >= 11 is 6.77. The summed E-state index contributed by atoms with van der Waals surface area (Å²) in [5.41, 5.74) is 1.58. The maximum atomic E-state index is 11.8. The van der Waals surface area contributed by atoms with Crippen molar-refractivity contribution in [3.8, 4) is 11.5 Å². The molecule has 1 aromatic heterocycles. The van der Waals surface area contributed by atoms with Crippen molar-refractivity contribution in [2.75, 3.05) is 14.2 Å². The van der Waals surface area contributed by atoms with E-state index in [4.69, 9.17) is 21.1 Å². The van der Waals surface area contributed by atoms with Gasteiger partial charge in [0.05, 0.1) is 25.3 Å². The molecule has 0 unspecified atom stereocenters. The van der Waals surface area contributed by atoms with Gasteiger partial charge in [0.25, 0.3) is 5.91 Å². The van der Waals surface area contributed by atoms with Crippen LogP contribution in [0.25, 0.3) is 0 Å². The van der Waals surface area contributed by atoms with E-state index in [0.29, 0.717) is 28.8 Å². The Labute approximate surface area is 187 Å². The molecule has 1 aromatic carbocycles. The van der Waals surface area contributed by atoms with Crippen LogP contribution in [0.5, 0.6) is 11.5 Å². The lowest BCUT2D eigenvalue weighted by Crippen LogP contribution is -2.19. The summed E-state index contributed by atoms with van der Waals surface area (Å²) in [7, 11) is 2.77. The normalized spacial score (nSPS) is 16.0. The van der Waals surface area contributed by atoms with E-state index in [1.54, 1.807) is 30.5 Å². The molecule has 0 atom stereocenters. The number of thioether (sulfide) groups is 1. The van der Waals surface area contributed by atoms with Gasteiger partial charge in [0.1, 0.15) is 11.8 Å². The molecule has 2 heterocycles. The second-order valence-corrected chi connectivity index (χ2v) is 7.34. The molecular formula is C20H17ClN4O5S. The van der Waals surface area contributed by atoms with Crippen molar-refractivity contribution in [1.29, 1.82) is 0 Å². The molecule has 0 aliphatic carbocycles. The molecule has 9 nitrogen and oxygen atoms in total. The summed E-state index contributed by atoms with van der Waals surface area (Å²) in [6.45, 7) is 0.306. The first-order valence-electron chi connectivity index (χ1n) is 8.79. The minimum absolute atomic E-state index is 0.180. The quantitative estimate of drug-likeness (QED) is 0.222. The van der Waals surface area contributed by atoms with Crippen LogP contribution in [0, 0.1) is 0 Å². The molecule has 0 bridgehead atoms. The summed E-state index contributed by atoms with van der Waals surface area (Å²) in [5, 5.41) is 11.1. The van der Waals surface area contributed by atoms with Gasteiger partial charge in [0.2, 0.25) is 0 Å². The van der Waals surface area contributed by atoms with Crippen LogP contribution in [0.1, 0.15) is 11.1 Å². The monoisotopic (exact) mass is 460 g/mol. The molecule has 1 aliphatic rings. The van der Waals surface area contributed by atoms with Crippen molar-refractivity contribution in [3.63, 3.8) is 0 Å². The first-order valence-corrected chi connectivity index (χ1v) is 9.99. The number of amides is 1. The van der Waals surface area contributed by atoms with Gasteiger partial charge < -0.3 is 14.2 Å². The lowest BCUT2D eigenvalue weighted by Gasteiger charge is -2.11. The molecule has 0 spiro atoms. The molecule has 1 aliphatic heterocycles. The van der Waals surface area contributed by atoms with Crippen LogP contribution < -0.4 is 14.8 Å². The van der Waals surface area contributed by atoms with Crippen LogP contribution in [-0.4, -0.2) is 42.5 Å². The molecule has 3 rings (SSSR count). The van der Waals surface area contributed by atoms with Gasteiger partial charge in [-0.05, 0) is 41.6 Å². The fourth-order valence-corrected chi connectivity index (χ4v) is 3.18. The molecule has 0 saturated carbocycles. The van der Waals surface area contributed by atoms with E-state index < -0.39 is 11.9 Å². The van der Waals surface area contributed by atoms with E-state index in [9.17, 15) is 9.59 Å². The van der Waals surface area contributed by atoms with Crippen LogP contribution in [0.4, 0.5) is 0 Å². The third-order valence-corrected chi connectivity index (χ3v) is 4.95. The van der Waals surface area contributed by atoms with E-state index in [0.717, 1.165) is 23.4 Å². The predicted molar refractivity (Wildman–Crippen MR) is 117 cm³/mol. The Hall–Kier alpha value is -3.37. The van der Waals surface area contributed by atoms with E-state index in [-0.39, 0.29) is 10.1 Å². The number of nitrogens with zero attached hydrogens (tertiary/aromatic N) is 3.